The number of nitrogens with one attached hydrogen (secondary N) is 1. The van der Waals surface area contributed by atoms with Crippen molar-refractivity contribution in [1.82, 2.24) is 20.3 Å². The maximum atomic E-state index is 5.16. The minimum Gasteiger partial charge on any atom is -0.361 e. The second-order valence-electron chi connectivity index (χ2n) is 7.45. The largest absolute Gasteiger partial charge is 0.361 e. The summed E-state index contributed by atoms with van der Waals surface area (Å²) < 4.78 is 5.16. The summed E-state index contributed by atoms with van der Waals surface area (Å²) in [4.78, 5) is 10.6. The second-order valence-corrected chi connectivity index (χ2v) is 8.40. The van der Waals surface area contributed by atoms with E-state index in [1.807, 2.05) is 31.4 Å². The van der Waals surface area contributed by atoms with Gasteiger partial charge in [0, 0.05) is 62.7 Å². The number of thiophene rings is 1. The van der Waals surface area contributed by atoms with Gasteiger partial charge in [-0.2, -0.15) is 0 Å². The Morgan fingerprint density at radius 2 is 2.07 bits per heavy atom. The van der Waals surface area contributed by atoms with Crippen molar-refractivity contribution < 1.29 is 4.52 Å². The van der Waals surface area contributed by atoms with Gasteiger partial charge in [-0.1, -0.05) is 25.1 Å². The first-order valence-corrected chi connectivity index (χ1v) is 10.00. The first-order chi connectivity index (χ1) is 12.5. The van der Waals surface area contributed by atoms with Crippen molar-refractivity contribution in [2.75, 3.05) is 39.8 Å². The fourth-order valence-electron chi connectivity index (χ4n) is 3.22. The fourth-order valence-corrected chi connectivity index (χ4v) is 4.07. The van der Waals surface area contributed by atoms with E-state index in [2.05, 4.69) is 56.6 Å². The van der Waals surface area contributed by atoms with E-state index in [1.54, 1.807) is 0 Å². The molecule has 0 saturated carbocycles. The van der Waals surface area contributed by atoms with Gasteiger partial charge in [0.2, 0.25) is 0 Å². The Balaban J connectivity index is 0.00000261. The first kappa shape index (κ1) is 22.2. The van der Waals surface area contributed by atoms with Gasteiger partial charge in [0.1, 0.15) is 5.76 Å². The van der Waals surface area contributed by atoms with Crippen LogP contribution in [0.3, 0.4) is 0 Å². The number of aliphatic imine (C=N–C) groups is 1. The van der Waals surface area contributed by atoms with Crippen LogP contribution in [0, 0.1) is 6.92 Å². The molecule has 1 aliphatic rings. The van der Waals surface area contributed by atoms with Gasteiger partial charge in [0.25, 0.3) is 0 Å². The highest BCUT2D eigenvalue weighted by atomic mass is 127. The summed E-state index contributed by atoms with van der Waals surface area (Å²) in [6.07, 6.45) is 0. The Labute approximate surface area is 183 Å². The molecule has 0 radical (unpaired) electrons. The van der Waals surface area contributed by atoms with Gasteiger partial charge in [-0.05, 0) is 18.4 Å². The number of hydrogen-bond donors (Lipinski definition) is 1. The Morgan fingerprint density at radius 1 is 1.33 bits per heavy atom. The number of guanidine groups is 1. The molecule has 3 heterocycles. The van der Waals surface area contributed by atoms with Gasteiger partial charge in [-0.15, -0.1) is 35.3 Å². The van der Waals surface area contributed by atoms with Crippen molar-refractivity contribution in [2.24, 2.45) is 4.99 Å². The number of nitrogens with zero attached hydrogens (tertiary/aromatic N) is 4. The molecule has 150 valence electrons. The van der Waals surface area contributed by atoms with Gasteiger partial charge >= 0.3 is 0 Å². The molecule has 1 N–H and O–H groups in total. The third-order valence-electron chi connectivity index (χ3n) is 4.82. The van der Waals surface area contributed by atoms with E-state index < -0.39 is 0 Å². The highest BCUT2D eigenvalue weighted by Gasteiger charge is 2.25. The summed E-state index contributed by atoms with van der Waals surface area (Å²) in [7, 11) is 1.87. The maximum Gasteiger partial charge on any atom is 0.193 e. The minimum atomic E-state index is 0. The van der Waals surface area contributed by atoms with Crippen LogP contribution in [-0.4, -0.2) is 60.7 Å². The molecule has 8 heteroatoms. The molecule has 2 aromatic heterocycles. The van der Waals surface area contributed by atoms with Crippen LogP contribution in [0.15, 0.2) is 33.1 Å². The van der Waals surface area contributed by atoms with Gasteiger partial charge in [-0.25, -0.2) is 0 Å². The molecule has 0 aliphatic carbocycles. The van der Waals surface area contributed by atoms with Crippen LogP contribution in [0.5, 0.6) is 0 Å². The van der Waals surface area contributed by atoms with E-state index in [-0.39, 0.29) is 29.4 Å². The van der Waals surface area contributed by atoms with Gasteiger partial charge in [0.05, 0.1) is 5.69 Å². The zero-order valence-electron chi connectivity index (χ0n) is 16.6. The summed E-state index contributed by atoms with van der Waals surface area (Å²) in [5.41, 5.74) is 1.10. The summed E-state index contributed by atoms with van der Waals surface area (Å²) in [5.74, 6) is 1.86. The molecule has 1 aliphatic heterocycles. The molecule has 0 unspecified atom stereocenters. The molecule has 0 amide bonds. The Kier molecular flexibility index (Phi) is 8.11. The summed E-state index contributed by atoms with van der Waals surface area (Å²) >= 11 is 1.81. The Hall–Kier alpha value is -1.13. The first-order valence-electron chi connectivity index (χ1n) is 9.12. The van der Waals surface area contributed by atoms with Gasteiger partial charge < -0.3 is 14.7 Å². The molecule has 1 saturated heterocycles. The number of halogens is 1. The van der Waals surface area contributed by atoms with Crippen molar-refractivity contribution >= 4 is 41.3 Å². The van der Waals surface area contributed by atoms with Crippen LogP contribution < -0.4 is 5.32 Å². The minimum absolute atomic E-state index is 0. The van der Waals surface area contributed by atoms with E-state index in [4.69, 9.17) is 4.52 Å². The van der Waals surface area contributed by atoms with E-state index in [1.165, 1.54) is 4.88 Å². The zero-order valence-corrected chi connectivity index (χ0v) is 19.7. The van der Waals surface area contributed by atoms with Crippen LogP contribution in [-0.2, 0) is 12.0 Å². The smallest absolute Gasteiger partial charge is 0.193 e. The summed E-state index contributed by atoms with van der Waals surface area (Å²) in [5, 5.41) is 9.81. The average molecular weight is 503 g/mol. The number of hydrogen-bond acceptors (Lipinski definition) is 5. The van der Waals surface area contributed by atoms with E-state index in [9.17, 15) is 0 Å². The molecule has 1 fully saturated rings. The lowest BCUT2D eigenvalue weighted by Crippen LogP contribution is -2.53. The highest BCUT2D eigenvalue weighted by Crippen LogP contribution is 2.26. The van der Waals surface area contributed by atoms with Crippen molar-refractivity contribution in [2.45, 2.75) is 32.7 Å². The van der Waals surface area contributed by atoms with Crippen LogP contribution >= 0.6 is 35.3 Å². The van der Waals surface area contributed by atoms with E-state index >= 15 is 0 Å². The molecule has 0 bridgehead atoms. The lowest BCUT2D eigenvalue weighted by molar-refractivity contribution is 0.168. The zero-order chi connectivity index (χ0) is 18.6. The van der Waals surface area contributed by atoms with Gasteiger partial charge in [0.15, 0.2) is 5.96 Å². The summed E-state index contributed by atoms with van der Waals surface area (Å²) in [6, 6.07) is 6.34. The van der Waals surface area contributed by atoms with E-state index in [0.717, 1.165) is 56.7 Å². The Bertz CT molecular complexity index is 720. The Morgan fingerprint density at radius 3 is 2.63 bits per heavy atom. The van der Waals surface area contributed by atoms with Gasteiger partial charge in [-0.3, -0.25) is 9.89 Å². The summed E-state index contributed by atoms with van der Waals surface area (Å²) in [6.45, 7) is 12.1. The predicted molar refractivity (Wildman–Crippen MR) is 122 cm³/mol. The number of aromatic nitrogens is 1. The SMILES string of the molecule is CN=C(NCC(C)(C)c1cccs1)N1CCN(Cc2cc(C)on2)CC1.I. The van der Waals surface area contributed by atoms with Crippen molar-refractivity contribution in [3.63, 3.8) is 0 Å². The predicted octanol–water partition coefficient (Wildman–Crippen LogP) is 3.33. The van der Waals surface area contributed by atoms with E-state index in [0.29, 0.717) is 0 Å². The molecule has 3 rings (SSSR count). The molecular formula is C19H30IN5OS. The molecule has 6 nitrogen and oxygen atoms in total. The molecule has 2 aromatic rings. The van der Waals surface area contributed by atoms with Crippen LogP contribution in [0.2, 0.25) is 0 Å². The third-order valence-corrected chi connectivity index (χ3v) is 6.06. The standard InChI is InChI=1S/C19H29N5OS.HI/c1-15-12-16(22-25-15)13-23-7-9-24(10-8-23)18(20-4)21-14-19(2,3)17-6-5-11-26-17;/h5-6,11-12H,7-10,13-14H2,1-4H3,(H,20,21);1H. The van der Waals surface area contributed by atoms with Crippen LogP contribution in [0.1, 0.15) is 30.2 Å². The molecular weight excluding hydrogens is 473 g/mol. The molecule has 0 atom stereocenters. The number of aryl methyl sites for hydroxylation is 1. The normalized spacial score (nSPS) is 16.3. The van der Waals surface area contributed by atoms with Crippen molar-refractivity contribution in [1.29, 1.82) is 0 Å². The topological polar surface area (TPSA) is 56.9 Å². The lowest BCUT2D eigenvalue weighted by Gasteiger charge is -2.37. The van der Waals surface area contributed by atoms with Crippen LogP contribution in [0.4, 0.5) is 0 Å². The maximum absolute atomic E-state index is 5.16. The van der Waals surface area contributed by atoms with Crippen molar-refractivity contribution in [3.05, 3.63) is 39.9 Å². The monoisotopic (exact) mass is 503 g/mol. The number of piperazine rings is 1. The van der Waals surface area contributed by atoms with Crippen LogP contribution in [0.25, 0.3) is 0 Å². The lowest BCUT2D eigenvalue weighted by atomic mass is 9.91. The molecule has 27 heavy (non-hydrogen) atoms. The quantitative estimate of drug-likeness (QED) is 0.386. The fraction of sp³-hybridized carbons (Fsp3) is 0.579. The second kappa shape index (κ2) is 9.88. The molecule has 0 spiro atoms. The molecule has 0 aromatic carbocycles. The third kappa shape index (κ3) is 5.92. The number of rotatable bonds is 5. The van der Waals surface area contributed by atoms with Crippen molar-refractivity contribution in [3.8, 4) is 0 Å². The average Bonchev–Trinajstić information content (AvgIpc) is 3.29. The highest BCUT2D eigenvalue weighted by molar-refractivity contribution is 14.0.